The Morgan fingerprint density at radius 1 is 1.03 bits per heavy atom. The molecule has 1 aliphatic heterocycles. The van der Waals surface area contributed by atoms with Gasteiger partial charge < -0.3 is 9.47 Å². The lowest BCUT2D eigenvalue weighted by Gasteiger charge is -2.54. The molecule has 1 fully saturated rings. The van der Waals surface area contributed by atoms with Crippen molar-refractivity contribution < 1.29 is 53.1 Å². The summed E-state index contributed by atoms with van der Waals surface area (Å²) in [6.07, 6.45) is -1.66. The third-order valence-corrected chi connectivity index (χ3v) is 10.6. The van der Waals surface area contributed by atoms with E-state index in [1.807, 2.05) is 0 Å². The van der Waals surface area contributed by atoms with Gasteiger partial charge in [-0.25, -0.2) is 30.3 Å². The number of hydrogen-bond donors (Lipinski definition) is 1. The van der Waals surface area contributed by atoms with Crippen LogP contribution in [0.5, 0.6) is 5.75 Å². The zero-order chi connectivity index (χ0) is 28.1. The molecule has 4 rings (SSSR count). The smallest absolute Gasteiger partial charge is 0.487 e. The van der Waals surface area contributed by atoms with Gasteiger partial charge in [-0.15, -0.1) is 0 Å². The molecular weight excluding hydrogens is 585 g/mol. The van der Waals surface area contributed by atoms with Crippen LogP contribution in [0.25, 0.3) is 0 Å². The Morgan fingerprint density at radius 3 is 2.29 bits per heavy atom. The van der Waals surface area contributed by atoms with Gasteiger partial charge in [0.05, 0.1) is 17.1 Å². The quantitative estimate of drug-likeness (QED) is 0.380. The number of rotatable bonds is 7. The number of ether oxygens (including phenoxy) is 2. The highest BCUT2D eigenvalue weighted by molar-refractivity contribution is 7.92. The maximum atomic E-state index is 15.4. The minimum atomic E-state index is -5.76. The van der Waals surface area contributed by atoms with Crippen LogP contribution in [-0.4, -0.2) is 53.5 Å². The van der Waals surface area contributed by atoms with Crippen molar-refractivity contribution in [3.63, 3.8) is 0 Å². The van der Waals surface area contributed by atoms with Crippen LogP contribution in [-0.2, 0) is 34.1 Å². The lowest BCUT2D eigenvalue weighted by atomic mass is 9.69. The van der Waals surface area contributed by atoms with Crippen LogP contribution in [0, 0.1) is 11.6 Å². The summed E-state index contributed by atoms with van der Waals surface area (Å²) in [6, 6.07) is 6.14. The number of carbonyl (C=O) groups is 1. The first kappa shape index (κ1) is 28.7. The highest BCUT2D eigenvalue weighted by atomic mass is 35.5. The van der Waals surface area contributed by atoms with Crippen molar-refractivity contribution in [3.8, 4) is 5.75 Å². The Hall–Kier alpha value is -2.33. The largest absolute Gasteiger partial charge is 0.511 e. The number of alkyl halides is 3. The summed E-state index contributed by atoms with van der Waals surface area (Å²) in [7, 11) is -10.5. The van der Waals surface area contributed by atoms with Crippen molar-refractivity contribution in [3.05, 3.63) is 58.6 Å². The van der Waals surface area contributed by atoms with Crippen molar-refractivity contribution >= 4 is 37.2 Å². The molecular formula is C22H19ClF5NO7S2. The standard InChI is InChI=1S/C22H19ClF5NO7S2/c23-13-1-3-15(4-2-13)37(31,32)21-8-7-14(30)11-20(21,36-10-9-29-38(33,34)22(26,27)28)12-35-19-17(25)6-5-16(24)18(19)21/h1-6,29H,7-12H2/t20-,21?/m0/s1. The summed E-state index contributed by atoms with van der Waals surface area (Å²) in [5.41, 5.74) is -8.62. The maximum absolute atomic E-state index is 15.4. The SMILES string of the molecule is O=C1CCC2(S(=O)(=O)c3ccc(Cl)cc3)c3c(F)ccc(F)c3OC[C@@]2(OCCNS(=O)(=O)C(F)(F)F)C1. The van der Waals surface area contributed by atoms with Crippen LogP contribution in [0.4, 0.5) is 22.0 Å². The number of sulfonamides is 1. The first-order valence-electron chi connectivity index (χ1n) is 10.9. The van der Waals surface area contributed by atoms with Gasteiger partial charge in [0.1, 0.15) is 28.6 Å². The van der Waals surface area contributed by atoms with Gasteiger partial charge in [-0.1, -0.05) is 11.6 Å². The minimum absolute atomic E-state index is 0.171. The Kier molecular flexibility index (Phi) is 7.32. The van der Waals surface area contributed by atoms with Crippen molar-refractivity contribution in [1.29, 1.82) is 0 Å². The topological polar surface area (TPSA) is 116 Å². The number of carbonyl (C=O) groups excluding carboxylic acids is 1. The van der Waals surface area contributed by atoms with Crippen LogP contribution in [0.3, 0.4) is 0 Å². The molecule has 1 N–H and O–H groups in total. The molecule has 2 aromatic rings. The van der Waals surface area contributed by atoms with Crippen molar-refractivity contribution in [2.75, 3.05) is 19.8 Å². The molecule has 38 heavy (non-hydrogen) atoms. The van der Waals surface area contributed by atoms with E-state index in [1.54, 1.807) is 0 Å². The Morgan fingerprint density at radius 2 is 1.66 bits per heavy atom. The number of benzene rings is 2. The number of ketones is 1. The third kappa shape index (κ3) is 4.47. The van der Waals surface area contributed by atoms with Gasteiger partial charge in [0.15, 0.2) is 21.4 Å². The van der Waals surface area contributed by atoms with Crippen LogP contribution in [0.2, 0.25) is 5.02 Å². The van der Waals surface area contributed by atoms with Gasteiger partial charge in [0.2, 0.25) is 0 Å². The van der Waals surface area contributed by atoms with Crippen molar-refractivity contribution in [2.45, 2.75) is 40.0 Å². The predicted octanol–water partition coefficient (Wildman–Crippen LogP) is 3.63. The Bertz CT molecular complexity index is 1480. The molecule has 1 heterocycles. The molecule has 0 amide bonds. The fraction of sp³-hybridized carbons (Fsp3) is 0.409. The summed E-state index contributed by atoms with van der Waals surface area (Å²) in [6.45, 7) is -2.64. The number of nitrogens with one attached hydrogen (secondary N) is 1. The molecule has 2 atom stereocenters. The predicted molar refractivity (Wildman–Crippen MR) is 123 cm³/mol. The van der Waals surface area contributed by atoms with Crippen molar-refractivity contribution in [1.82, 2.24) is 4.72 Å². The zero-order valence-electron chi connectivity index (χ0n) is 19.1. The van der Waals surface area contributed by atoms with Gasteiger partial charge in [-0.05, 0) is 42.8 Å². The number of Topliss-reactive ketones (excluding diaryl/α,β-unsaturated/α-hetero) is 1. The minimum Gasteiger partial charge on any atom is -0.487 e. The number of halogens is 6. The molecule has 1 aliphatic carbocycles. The average Bonchev–Trinajstić information content (AvgIpc) is 2.83. The van der Waals surface area contributed by atoms with Crippen LogP contribution in [0.1, 0.15) is 24.8 Å². The fourth-order valence-corrected chi connectivity index (χ4v) is 7.94. The second-order valence-corrected chi connectivity index (χ2v) is 13.1. The van der Waals surface area contributed by atoms with Crippen LogP contribution < -0.4 is 9.46 Å². The molecule has 2 aromatic carbocycles. The number of sulfone groups is 1. The molecule has 1 unspecified atom stereocenters. The third-order valence-electron chi connectivity index (χ3n) is 6.55. The normalized spacial score (nSPS) is 23.9. The summed E-state index contributed by atoms with van der Waals surface area (Å²) >= 11 is 5.88. The molecule has 1 saturated carbocycles. The summed E-state index contributed by atoms with van der Waals surface area (Å²) in [4.78, 5) is 12.2. The molecule has 2 aliphatic rings. The van der Waals surface area contributed by atoms with E-state index >= 15 is 4.39 Å². The molecule has 8 nitrogen and oxygen atoms in total. The van der Waals surface area contributed by atoms with E-state index in [-0.39, 0.29) is 16.3 Å². The highest BCUT2D eigenvalue weighted by Gasteiger charge is 2.69. The van der Waals surface area contributed by atoms with Gasteiger partial charge >= 0.3 is 15.5 Å². The zero-order valence-corrected chi connectivity index (χ0v) is 21.5. The van der Waals surface area contributed by atoms with Gasteiger partial charge in [0.25, 0.3) is 0 Å². The van der Waals surface area contributed by atoms with Crippen LogP contribution >= 0.6 is 11.6 Å². The Balaban J connectivity index is 1.88. The molecule has 0 spiro atoms. The van der Waals surface area contributed by atoms with Crippen LogP contribution in [0.15, 0.2) is 41.3 Å². The molecule has 0 radical (unpaired) electrons. The first-order chi connectivity index (χ1) is 17.6. The van der Waals surface area contributed by atoms with Gasteiger partial charge in [-0.2, -0.15) is 13.2 Å². The van der Waals surface area contributed by atoms with Gasteiger partial charge in [-0.3, -0.25) is 4.79 Å². The molecule has 0 bridgehead atoms. The lowest BCUT2D eigenvalue weighted by Crippen LogP contribution is -2.66. The monoisotopic (exact) mass is 603 g/mol. The molecule has 0 aromatic heterocycles. The second kappa shape index (κ2) is 9.70. The van der Waals surface area contributed by atoms with E-state index in [4.69, 9.17) is 21.1 Å². The molecule has 0 saturated heterocycles. The summed E-state index contributed by atoms with van der Waals surface area (Å²) in [5.74, 6) is -3.52. The lowest BCUT2D eigenvalue weighted by molar-refractivity contribution is -0.152. The first-order valence-corrected chi connectivity index (χ1v) is 14.3. The molecule has 16 heteroatoms. The summed E-state index contributed by atoms with van der Waals surface area (Å²) < 4.78 is 129. The van der Waals surface area contributed by atoms with E-state index < -0.39 is 97.0 Å². The maximum Gasteiger partial charge on any atom is 0.511 e. The summed E-state index contributed by atoms with van der Waals surface area (Å²) in [5, 5.41) is 0.171. The van der Waals surface area contributed by atoms with E-state index in [2.05, 4.69) is 0 Å². The van der Waals surface area contributed by atoms with E-state index in [0.29, 0.717) is 6.07 Å². The fourth-order valence-electron chi connectivity index (χ4n) is 4.89. The highest BCUT2D eigenvalue weighted by Crippen LogP contribution is 2.59. The van der Waals surface area contributed by atoms with Crippen molar-refractivity contribution in [2.24, 2.45) is 0 Å². The van der Waals surface area contributed by atoms with Gasteiger partial charge in [0, 0.05) is 24.4 Å². The second-order valence-electron chi connectivity index (χ2n) is 8.71. The van der Waals surface area contributed by atoms with E-state index in [9.17, 15) is 39.2 Å². The van der Waals surface area contributed by atoms with E-state index in [0.717, 1.165) is 18.2 Å². The Labute approximate surface area is 219 Å². The number of hydrogen-bond acceptors (Lipinski definition) is 7. The average molecular weight is 604 g/mol. The van der Waals surface area contributed by atoms with E-state index in [1.165, 1.54) is 16.9 Å². The molecule has 208 valence electrons. The number of fused-ring (bicyclic) bond motifs is 3.